The second-order valence-electron chi connectivity index (χ2n) is 45.6. The molecule has 0 unspecified atom stereocenters. The number of benzene rings is 15. The van der Waals surface area contributed by atoms with E-state index in [1.165, 1.54) is 144 Å². The van der Waals surface area contributed by atoms with Crippen LogP contribution in [-0.2, 0) is 48.7 Å². The maximum Gasteiger partial charge on any atom is 0.0629 e. The molecule has 658 valence electrons. The number of para-hydroxylation sites is 3. The van der Waals surface area contributed by atoms with E-state index in [4.69, 9.17) is 6.85 Å². The van der Waals surface area contributed by atoms with Crippen LogP contribution in [0.5, 0.6) is 0 Å². The Balaban J connectivity index is 0.000000144. The fraction of sp³-hybridized carbons (Fsp3) is 0.286. The Morgan fingerprint density at radius 3 is 0.869 bits per heavy atom. The lowest BCUT2D eigenvalue weighted by molar-refractivity contribution is 0.568. The molecular weight excluding hydrogens is 1570 g/mol. The molecule has 0 saturated heterocycles. The number of nitrogens with zero attached hydrogens (tertiary/aromatic N) is 4. The summed E-state index contributed by atoms with van der Waals surface area (Å²) in [6.07, 6.45) is 0. The zero-order valence-corrected chi connectivity index (χ0v) is 82.0. The van der Waals surface area contributed by atoms with Crippen LogP contribution in [0.15, 0.2) is 321 Å². The highest BCUT2D eigenvalue weighted by atomic mass is 15.0. The highest BCUT2D eigenvalue weighted by molar-refractivity contribution is 6.21. The minimum atomic E-state index is -0.397. The van der Waals surface area contributed by atoms with Gasteiger partial charge in [-0.1, -0.05) is 405 Å². The van der Waals surface area contributed by atoms with Gasteiger partial charge in [-0.15, -0.1) is 0 Å². The zero-order valence-electron chi connectivity index (χ0n) is 87.0. The van der Waals surface area contributed by atoms with Gasteiger partial charge in [0.15, 0.2) is 0 Å². The molecule has 0 N–H and O–H groups in total. The molecule has 0 saturated carbocycles. The summed E-state index contributed by atoms with van der Waals surface area (Å²) in [5.74, 6) is 0. The Morgan fingerprint density at radius 1 is 0.192 bits per heavy atom. The smallest absolute Gasteiger partial charge is 0.0629 e. The van der Waals surface area contributed by atoms with Crippen molar-refractivity contribution in [3.63, 3.8) is 0 Å². The van der Waals surface area contributed by atoms with Crippen molar-refractivity contribution in [1.29, 1.82) is 0 Å². The summed E-state index contributed by atoms with van der Waals surface area (Å²) in [5, 5.41) is 9.66. The molecule has 0 aliphatic rings. The summed E-state index contributed by atoms with van der Waals surface area (Å²) in [6, 6.07) is 105. The predicted octanol–water partition coefficient (Wildman–Crippen LogP) is 35.8. The topological polar surface area (TPSA) is 19.7 Å². The van der Waals surface area contributed by atoms with Crippen molar-refractivity contribution in [2.24, 2.45) is 0 Å². The fourth-order valence-electron chi connectivity index (χ4n) is 19.8. The van der Waals surface area contributed by atoms with E-state index >= 15 is 0 Å². The molecular formula is C126H134N4. The van der Waals surface area contributed by atoms with E-state index in [-0.39, 0.29) is 73.1 Å². The van der Waals surface area contributed by atoms with Gasteiger partial charge in [0.25, 0.3) is 0 Å². The van der Waals surface area contributed by atoms with Crippen LogP contribution in [0.4, 0.5) is 0 Å². The van der Waals surface area contributed by atoms with Crippen LogP contribution in [0.1, 0.15) is 244 Å². The van der Waals surface area contributed by atoms with Crippen molar-refractivity contribution in [3.8, 4) is 67.3 Å². The summed E-state index contributed by atoms with van der Waals surface area (Å²) < 4.78 is 53.3. The molecule has 4 nitrogen and oxygen atoms in total. The molecule has 0 bridgehead atoms. The average molecular weight is 1710 g/mol. The third kappa shape index (κ3) is 16.7. The van der Waals surface area contributed by atoms with Gasteiger partial charge in [-0.05, 0) is 246 Å². The number of hydrogen-bond acceptors (Lipinski definition) is 0. The molecule has 19 aromatic rings. The maximum atomic E-state index is 9.08. The van der Waals surface area contributed by atoms with Crippen molar-refractivity contribution in [2.75, 3.05) is 0 Å². The summed E-state index contributed by atoms with van der Waals surface area (Å²) in [5.41, 5.74) is 33.8. The first-order valence-electron chi connectivity index (χ1n) is 49.3. The van der Waals surface area contributed by atoms with E-state index in [1.807, 2.05) is 30.3 Å². The van der Waals surface area contributed by atoms with Crippen LogP contribution in [0, 0.1) is 0 Å². The lowest BCUT2D eigenvalue weighted by Gasteiger charge is -2.27. The van der Waals surface area contributed by atoms with Crippen LogP contribution in [0.25, 0.3) is 154 Å². The third-order valence-electron chi connectivity index (χ3n) is 26.6. The highest BCUT2D eigenvalue weighted by Crippen LogP contribution is 2.52. The van der Waals surface area contributed by atoms with Gasteiger partial charge >= 0.3 is 0 Å². The summed E-state index contributed by atoms with van der Waals surface area (Å²) in [7, 11) is 0. The van der Waals surface area contributed by atoms with Crippen molar-refractivity contribution in [1.82, 2.24) is 18.3 Å². The van der Waals surface area contributed by atoms with E-state index < -0.39 is 11.5 Å². The molecule has 4 heteroatoms. The number of rotatable bonds is 8. The quantitative estimate of drug-likeness (QED) is 0.144. The molecule has 0 aliphatic carbocycles. The minimum Gasteiger partial charge on any atom is -0.309 e. The van der Waals surface area contributed by atoms with Crippen molar-refractivity contribution < 1.29 is 6.85 Å². The molecule has 15 aromatic carbocycles. The van der Waals surface area contributed by atoms with Gasteiger partial charge in [-0.3, -0.25) is 0 Å². The highest BCUT2D eigenvalue weighted by Gasteiger charge is 2.35. The van der Waals surface area contributed by atoms with E-state index in [9.17, 15) is 0 Å². The van der Waals surface area contributed by atoms with Crippen LogP contribution in [0.2, 0.25) is 0 Å². The van der Waals surface area contributed by atoms with Crippen molar-refractivity contribution >= 4 is 87.2 Å². The standard InChI is InChI=1S/C48H48N2.C42H45N.C36H41N/c1-46(2,3)32-23-25-38-36(29-32)37-30-33(47(4,5)6)24-26-39(37)50(38)42-28-27-41-44(45(42)48(7,8)9)43-35(31-17-12-10-13-18-31)21-16-22-40(43)49(41)34-19-14-11-15-20-34;1-40(2,3)30-25-29(26-31(27-30)41(4,5)6)33-21-16-22-35-37(33)38-36(43(35)32-19-14-11-15-20-32)24-23-34(39(38)42(7,8)9)28-17-12-10-13-18-28;1-34(2,3)25-21-24(22-26(23-25)35(4,5)6)28-17-13-19-30-32(28)33-29(36(7,8)9)18-14-20-31(33)37(30)27-15-11-10-12-16-27/h10-30H,1-9H3;10-27H,1-9H3;10-23H,1-9H3/i10D,12D,13D,17D,18D;;. The molecule has 4 heterocycles. The Bertz CT molecular complexity index is 7680. The molecule has 0 aliphatic heterocycles. The second kappa shape index (κ2) is 32.9. The molecule has 19 rings (SSSR count). The van der Waals surface area contributed by atoms with E-state index in [0.717, 1.165) is 49.8 Å². The zero-order chi connectivity index (χ0) is 97.0. The Hall–Kier alpha value is -12.5. The lowest BCUT2D eigenvalue weighted by Crippen LogP contribution is -2.16. The van der Waals surface area contributed by atoms with E-state index in [2.05, 4.69) is 466 Å². The number of hydrogen-bond donors (Lipinski definition) is 0. The minimum absolute atomic E-state index is 0.0201. The van der Waals surface area contributed by atoms with E-state index in [0.29, 0.717) is 5.56 Å². The van der Waals surface area contributed by atoms with Gasteiger partial charge in [-0.25, -0.2) is 0 Å². The fourth-order valence-corrected chi connectivity index (χ4v) is 19.8. The lowest BCUT2D eigenvalue weighted by atomic mass is 9.77. The van der Waals surface area contributed by atoms with Crippen LogP contribution >= 0.6 is 0 Å². The van der Waals surface area contributed by atoms with Crippen molar-refractivity contribution in [3.05, 3.63) is 371 Å². The Morgan fingerprint density at radius 2 is 0.508 bits per heavy atom. The van der Waals surface area contributed by atoms with Gasteiger partial charge in [0.2, 0.25) is 0 Å². The SMILES string of the molecule is CC(C)(C)c1cc(-c2cccc3c2c2c(C(C)(C)C)c(-c4ccccc4)ccc2n3-c2ccccc2)cc(C(C)(C)C)c1.CC(C)(C)c1cc(-c2cccc3c2c2c(C(C)(C)C)cccc2n3-c2ccccc2)cc(C(C)(C)C)c1.[2H]c1c([2H])c([2H])c(-c2cccc3c2c2c(C(C)(C)C)c(-n4c5ccc(C(C)(C)C)cc5c5cc(C(C)(C)C)ccc54)ccc2n3-c2ccccc2)c([2H])c1[2H]. The molecule has 0 radical (unpaired) electrons. The first-order chi connectivity index (χ1) is 63.3. The summed E-state index contributed by atoms with van der Waals surface area (Å²) in [6.45, 7) is 62.2. The molecule has 0 fully saturated rings. The van der Waals surface area contributed by atoms with Gasteiger partial charge in [0.05, 0.1) is 56.7 Å². The summed E-state index contributed by atoms with van der Waals surface area (Å²) >= 11 is 0. The normalized spacial score (nSPS) is 13.4. The molecule has 0 atom stereocenters. The third-order valence-corrected chi connectivity index (χ3v) is 26.6. The first kappa shape index (κ1) is 83.1. The van der Waals surface area contributed by atoms with E-state index in [1.54, 1.807) is 0 Å². The average Bonchev–Trinajstić information content (AvgIpc) is 1.55. The molecule has 0 amide bonds. The Labute approximate surface area is 781 Å². The van der Waals surface area contributed by atoms with Crippen LogP contribution < -0.4 is 0 Å². The molecule has 0 spiro atoms. The summed E-state index contributed by atoms with van der Waals surface area (Å²) in [4.78, 5) is 0. The van der Waals surface area contributed by atoms with Gasteiger partial charge in [0.1, 0.15) is 0 Å². The maximum absolute atomic E-state index is 9.08. The largest absolute Gasteiger partial charge is 0.309 e. The van der Waals surface area contributed by atoms with Crippen molar-refractivity contribution in [2.45, 2.75) is 236 Å². The molecule has 4 aromatic heterocycles. The van der Waals surface area contributed by atoms with Crippen LogP contribution in [-0.4, -0.2) is 18.3 Å². The Kier molecular flexibility index (Phi) is 21.0. The number of aromatic nitrogens is 4. The monoisotopic (exact) mass is 1710 g/mol. The number of fused-ring (bicyclic) bond motifs is 12. The predicted molar refractivity (Wildman–Crippen MR) is 567 cm³/mol. The van der Waals surface area contributed by atoms with Gasteiger partial charge in [-0.2, -0.15) is 0 Å². The second-order valence-corrected chi connectivity index (χ2v) is 45.6. The molecule has 130 heavy (non-hydrogen) atoms. The first-order valence-corrected chi connectivity index (χ1v) is 46.8. The van der Waals surface area contributed by atoms with Crippen LogP contribution in [0.3, 0.4) is 0 Å². The van der Waals surface area contributed by atoms with Gasteiger partial charge in [0, 0.05) is 60.2 Å². The van der Waals surface area contributed by atoms with Gasteiger partial charge < -0.3 is 18.3 Å².